The van der Waals surface area contributed by atoms with Crippen LogP contribution in [-0.2, 0) is 0 Å². The van der Waals surface area contributed by atoms with E-state index in [-0.39, 0.29) is 5.95 Å². The Morgan fingerprint density at radius 1 is 1.20 bits per heavy atom. The van der Waals surface area contributed by atoms with Gasteiger partial charge in [0.1, 0.15) is 0 Å². The molecule has 102 valence electrons. The zero-order valence-corrected chi connectivity index (χ0v) is 11.7. The van der Waals surface area contributed by atoms with E-state index >= 15 is 0 Å². The molecule has 2 aromatic heterocycles. The highest BCUT2D eigenvalue weighted by Gasteiger charge is 2.14. The standard InChI is InChI=1S/C13H12ClN5O/c1-19(2)13-17-11(16-12(15)18-13)9-6-7-4-3-5-8(14)10(7)20-9/h3-6H,1-2H3,(H2,15,16,17,18). The second kappa shape index (κ2) is 4.64. The summed E-state index contributed by atoms with van der Waals surface area (Å²) in [5.74, 6) is 1.50. The normalized spacial score (nSPS) is 10.9. The number of anilines is 2. The third-order valence-electron chi connectivity index (χ3n) is 2.76. The van der Waals surface area contributed by atoms with E-state index in [1.54, 1.807) is 11.0 Å². The molecule has 2 heterocycles. The minimum atomic E-state index is 0.144. The van der Waals surface area contributed by atoms with E-state index < -0.39 is 0 Å². The highest BCUT2D eigenvalue weighted by molar-refractivity contribution is 6.34. The molecule has 0 fully saturated rings. The van der Waals surface area contributed by atoms with Gasteiger partial charge in [0.05, 0.1) is 5.02 Å². The Morgan fingerprint density at radius 3 is 2.70 bits per heavy atom. The summed E-state index contributed by atoms with van der Waals surface area (Å²) in [6, 6.07) is 7.36. The SMILES string of the molecule is CN(C)c1nc(N)nc(-c2cc3cccc(Cl)c3o2)n1. The van der Waals surface area contributed by atoms with Crippen molar-refractivity contribution in [2.75, 3.05) is 24.7 Å². The first kappa shape index (κ1) is 12.7. The van der Waals surface area contributed by atoms with Crippen molar-refractivity contribution in [3.8, 4) is 11.6 Å². The quantitative estimate of drug-likeness (QED) is 0.781. The number of hydrogen-bond acceptors (Lipinski definition) is 6. The predicted molar refractivity (Wildman–Crippen MR) is 78.8 cm³/mol. The van der Waals surface area contributed by atoms with Crippen molar-refractivity contribution in [3.05, 3.63) is 29.3 Å². The summed E-state index contributed by atoms with van der Waals surface area (Å²) in [7, 11) is 3.65. The van der Waals surface area contributed by atoms with Crippen LogP contribution in [0, 0.1) is 0 Å². The number of halogens is 1. The van der Waals surface area contributed by atoms with E-state index in [2.05, 4.69) is 15.0 Å². The van der Waals surface area contributed by atoms with E-state index in [0.717, 1.165) is 5.39 Å². The molecule has 2 N–H and O–H groups in total. The molecule has 0 aliphatic rings. The summed E-state index contributed by atoms with van der Waals surface area (Å²) in [6.07, 6.45) is 0. The summed E-state index contributed by atoms with van der Waals surface area (Å²) in [5.41, 5.74) is 6.31. The number of hydrogen-bond donors (Lipinski definition) is 1. The summed E-state index contributed by atoms with van der Waals surface area (Å²) < 4.78 is 5.72. The molecule has 3 rings (SSSR count). The van der Waals surface area contributed by atoms with Crippen LogP contribution in [-0.4, -0.2) is 29.0 Å². The summed E-state index contributed by atoms with van der Waals surface area (Å²) in [4.78, 5) is 14.2. The maximum absolute atomic E-state index is 6.09. The van der Waals surface area contributed by atoms with Crippen LogP contribution in [0.3, 0.4) is 0 Å². The second-order valence-electron chi connectivity index (χ2n) is 4.48. The van der Waals surface area contributed by atoms with Crippen molar-refractivity contribution < 1.29 is 4.42 Å². The minimum absolute atomic E-state index is 0.144. The van der Waals surface area contributed by atoms with Crippen LogP contribution in [0.15, 0.2) is 28.7 Å². The topological polar surface area (TPSA) is 81.1 Å². The third kappa shape index (κ3) is 2.14. The van der Waals surface area contributed by atoms with Gasteiger partial charge in [-0.15, -0.1) is 0 Å². The molecular formula is C13H12ClN5O. The number of furan rings is 1. The molecule has 0 aliphatic carbocycles. The Bertz CT molecular complexity index is 784. The lowest BCUT2D eigenvalue weighted by Crippen LogP contribution is -2.15. The van der Waals surface area contributed by atoms with Gasteiger partial charge in [0.2, 0.25) is 17.7 Å². The van der Waals surface area contributed by atoms with Crippen LogP contribution < -0.4 is 10.6 Å². The lowest BCUT2D eigenvalue weighted by atomic mass is 10.2. The van der Waals surface area contributed by atoms with E-state index in [4.69, 9.17) is 21.8 Å². The molecule has 0 saturated carbocycles. The molecule has 0 aliphatic heterocycles. The minimum Gasteiger partial charge on any atom is -0.451 e. The Morgan fingerprint density at radius 2 is 2.00 bits per heavy atom. The highest BCUT2D eigenvalue weighted by Crippen LogP contribution is 2.31. The van der Waals surface area contributed by atoms with Gasteiger partial charge in [0.15, 0.2) is 11.3 Å². The first-order valence-electron chi connectivity index (χ1n) is 5.92. The van der Waals surface area contributed by atoms with Crippen molar-refractivity contribution in [1.82, 2.24) is 15.0 Å². The smallest absolute Gasteiger partial charge is 0.230 e. The van der Waals surface area contributed by atoms with Gasteiger partial charge < -0.3 is 15.1 Å². The van der Waals surface area contributed by atoms with Crippen molar-refractivity contribution in [1.29, 1.82) is 0 Å². The fourth-order valence-corrected chi connectivity index (χ4v) is 2.05. The summed E-state index contributed by atoms with van der Waals surface area (Å²) >= 11 is 6.09. The van der Waals surface area contributed by atoms with Gasteiger partial charge in [-0.1, -0.05) is 23.7 Å². The molecule has 1 aromatic carbocycles. The fraction of sp³-hybridized carbons (Fsp3) is 0.154. The average molecular weight is 290 g/mol. The number of para-hydroxylation sites is 1. The third-order valence-corrected chi connectivity index (χ3v) is 3.05. The van der Waals surface area contributed by atoms with Gasteiger partial charge in [-0.2, -0.15) is 15.0 Å². The van der Waals surface area contributed by atoms with Crippen LogP contribution in [0.2, 0.25) is 5.02 Å². The zero-order valence-electron chi connectivity index (χ0n) is 11.0. The van der Waals surface area contributed by atoms with Crippen LogP contribution in [0.5, 0.6) is 0 Å². The lowest BCUT2D eigenvalue weighted by molar-refractivity contribution is 0.624. The molecule has 0 spiro atoms. The number of rotatable bonds is 2. The van der Waals surface area contributed by atoms with E-state index in [9.17, 15) is 0 Å². The molecular weight excluding hydrogens is 278 g/mol. The lowest BCUT2D eigenvalue weighted by Gasteiger charge is -2.10. The van der Waals surface area contributed by atoms with E-state index in [0.29, 0.717) is 28.1 Å². The Labute approximate surface area is 120 Å². The van der Waals surface area contributed by atoms with Crippen LogP contribution in [0.1, 0.15) is 0 Å². The van der Waals surface area contributed by atoms with Crippen molar-refractivity contribution in [3.63, 3.8) is 0 Å². The molecule has 0 saturated heterocycles. The van der Waals surface area contributed by atoms with Gasteiger partial charge in [-0.25, -0.2) is 0 Å². The van der Waals surface area contributed by atoms with Gasteiger partial charge in [-0.3, -0.25) is 0 Å². The van der Waals surface area contributed by atoms with Gasteiger partial charge >= 0.3 is 0 Å². The van der Waals surface area contributed by atoms with Crippen LogP contribution >= 0.6 is 11.6 Å². The monoisotopic (exact) mass is 289 g/mol. The van der Waals surface area contributed by atoms with E-state index in [1.807, 2.05) is 32.3 Å². The summed E-state index contributed by atoms with van der Waals surface area (Å²) in [5, 5.41) is 1.43. The van der Waals surface area contributed by atoms with Gasteiger partial charge in [0, 0.05) is 19.5 Å². The van der Waals surface area contributed by atoms with Crippen LogP contribution in [0.4, 0.5) is 11.9 Å². The molecule has 0 atom stereocenters. The molecule has 6 nitrogen and oxygen atoms in total. The number of nitrogens with two attached hydrogens (primary N) is 1. The van der Waals surface area contributed by atoms with Crippen molar-refractivity contribution >= 4 is 34.5 Å². The number of fused-ring (bicyclic) bond motifs is 1. The Hall–Kier alpha value is -2.34. The van der Waals surface area contributed by atoms with Crippen molar-refractivity contribution in [2.24, 2.45) is 0 Å². The molecule has 0 bridgehead atoms. The Kier molecular flexibility index (Phi) is 2.94. The highest BCUT2D eigenvalue weighted by atomic mass is 35.5. The molecule has 0 unspecified atom stereocenters. The molecule has 0 amide bonds. The number of benzene rings is 1. The molecule has 3 aromatic rings. The number of aromatic nitrogens is 3. The van der Waals surface area contributed by atoms with Crippen molar-refractivity contribution in [2.45, 2.75) is 0 Å². The number of nitrogens with zero attached hydrogens (tertiary/aromatic N) is 4. The molecule has 0 radical (unpaired) electrons. The van der Waals surface area contributed by atoms with Gasteiger partial charge in [0.25, 0.3) is 0 Å². The Balaban J connectivity index is 2.17. The zero-order chi connectivity index (χ0) is 14.3. The first-order chi connectivity index (χ1) is 9.54. The number of nitrogen functional groups attached to an aromatic ring is 1. The average Bonchev–Trinajstić information content (AvgIpc) is 2.83. The second-order valence-corrected chi connectivity index (χ2v) is 4.89. The van der Waals surface area contributed by atoms with E-state index in [1.165, 1.54) is 0 Å². The first-order valence-corrected chi connectivity index (χ1v) is 6.29. The maximum atomic E-state index is 6.09. The van der Waals surface area contributed by atoms with Gasteiger partial charge in [-0.05, 0) is 12.1 Å². The maximum Gasteiger partial charge on any atom is 0.230 e. The predicted octanol–water partition coefficient (Wildman–Crippen LogP) is 2.59. The van der Waals surface area contributed by atoms with Crippen LogP contribution in [0.25, 0.3) is 22.6 Å². The summed E-state index contributed by atoms with van der Waals surface area (Å²) in [6.45, 7) is 0. The molecule has 7 heteroatoms. The fourth-order valence-electron chi connectivity index (χ4n) is 1.83. The molecule has 20 heavy (non-hydrogen) atoms. The largest absolute Gasteiger partial charge is 0.451 e.